The minimum Gasteiger partial charge on any atom is -0.478 e. The number of carbonyl (C=O) groups is 1. The summed E-state index contributed by atoms with van der Waals surface area (Å²) < 4.78 is 0. The lowest BCUT2D eigenvalue weighted by molar-refractivity contribution is -0.131. The summed E-state index contributed by atoms with van der Waals surface area (Å²) in [7, 11) is 0. The van der Waals surface area contributed by atoms with E-state index in [0.29, 0.717) is 5.92 Å². The Balaban J connectivity index is 0.000000300. The van der Waals surface area contributed by atoms with E-state index in [9.17, 15) is 4.79 Å². The number of carboxylic acids is 1. The predicted octanol–water partition coefficient (Wildman–Crippen LogP) is 5.10. The zero-order chi connectivity index (χ0) is 16.9. The Hall–Kier alpha value is -3.13. The van der Waals surface area contributed by atoms with E-state index in [2.05, 4.69) is 85.4 Å². The van der Waals surface area contributed by atoms with Gasteiger partial charge >= 0.3 is 5.97 Å². The number of aliphatic carboxylic acids is 1. The zero-order valence-electron chi connectivity index (χ0n) is 13.2. The molecule has 0 aromatic heterocycles. The van der Waals surface area contributed by atoms with Crippen molar-refractivity contribution >= 4 is 5.97 Å². The Labute approximate surface area is 141 Å². The molecule has 4 rings (SSSR count). The van der Waals surface area contributed by atoms with Gasteiger partial charge in [0.1, 0.15) is 0 Å². The van der Waals surface area contributed by atoms with E-state index in [4.69, 9.17) is 5.11 Å². The third-order valence-electron chi connectivity index (χ3n) is 4.14. The van der Waals surface area contributed by atoms with Crippen molar-refractivity contribution in [3.8, 4) is 11.1 Å². The second-order valence-electron chi connectivity index (χ2n) is 5.56. The lowest BCUT2D eigenvalue weighted by Crippen LogP contribution is -1.98. The topological polar surface area (TPSA) is 37.3 Å². The van der Waals surface area contributed by atoms with Gasteiger partial charge in [0, 0.05) is 12.0 Å². The summed E-state index contributed by atoms with van der Waals surface area (Å²) in [6.07, 6.45) is 0.833. The summed E-state index contributed by atoms with van der Waals surface area (Å²) in [5.41, 5.74) is 6.99. The van der Waals surface area contributed by atoms with Gasteiger partial charge in [0.05, 0.1) is 0 Å². The first-order valence-corrected chi connectivity index (χ1v) is 7.81. The molecule has 0 fully saturated rings. The molecule has 0 spiro atoms. The average Bonchev–Trinajstić information content (AvgIpc) is 2.97. The molecular weight excluding hydrogens is 296 g/mol. The van der Waals surface area contributed by atoms with E-state index in [1.165, 1.54) is 27.8 Å². The average molecular weight is 314 g/mol. The van der Waals surface area contributed by atoms with Crippen LogP contribution < -0.4 is 0 Å². The molecule has 0 amide bonds. The fourth-order valence-electron chi connectivity index (χ4n) is 3.16. The largest absolute Gasteiger partial charge is 0.478 e. The fraction of sp³-hybridized carbons (Fsp3) is 0.0455. The van der Waals surface area contributed by atoms with Gasteiger partial charge in [-0.25, -0.2) is 4.79 Å². The SMILES string of the molecule is C=CC(=O)O.c1ccc(C2c3ccccc3-c3ccccc32)cc1. The van der Waals surface area contributed by atoms with Crippen molar-refractivity contribution in [1.82, 2.24) is 0 Å². The summed E-state index contributed by atoms with van der Waals surface area (Å²) in [5.74, 6) is -0.599. The molecule has 0 heterocycles. The monoisotopic (exact) mass is 314 g/mol. The molecule has 0 aliphatic heterocycles. The first-order chi connectivity index (χ1) is 11.7. The van der Waals surface area contributed by atoms with Crippen LogP contribution in [0.15, 0.2) is 91.5 Å². The molecule has 1 N–H and O–H groups in total. The highest BCUT2D eigenvalue weighted by Crippen LogP contribution is 2.47. The fourth-order valence-corrected chi connectivity index (χ4v) is 3.16. The third kappa shape index (κ3) is 2.99. The third-order valence-corrected chi connectivity index (χ3v) is 4.14. The molecule has 0 saturated heterocycles. The Morgan fingerprint density at radius 3 is 1.67 bits per heavy atom. The molecule has 2 heteroatoms. The van der Waals surface area contributed by atoms with Crippen molar-refractivity contribution in [2.24, 2.45) is 0 Å². The highest BCUT2D eigenvalue weighted by atomic mass is 16.4. The summed E-state index contributed by atoms with van der Waals surface area (Å²) in [6, 6.07) is 28.3. The predicted molar refractivity (Wildman–Crippen MR) is 97.1 cm³/mol. The molecule has 3 aromatic carbocycles. The molecule has 0 unspecified atom stereocenters. The van der Waals surface area contributed by atoms with Crippen LogP contribution in [0.4, 0.5) is 0 Å². The van der Waals surface area contributed by atoms with Crippen LogP contribution in [0.1, 0.15) is 22.6 Å². The minimum atomic E-state index is -0.981. The van der Waals surface area contributed by atoms with Gasteiger partial charge in [0.15, 0.2) is 0 Å². The van der Waals surface area contributed by atoms with Crippen LogP contribution in [0.2, 0.25) is 0 Å². The summed E-state index contributed by atoms with van der Waals surface area (Å²) >= 11 is 0. The van der Waals surface area contributed by atoms with Crippen molar-refractivity contribution in [1.29, 1.82) is 0 Å². The van der Waals surface area contributed by atoms with Crippen LogP contribution >= 0.6 is 0 Å². The van der Waals surface area contributed by atoms with Gasteiger partial charge in [-0.2, -0.15) is 0 Å². The van der Waals surface area contributed by atoms with Gasteiger partial charge in [0.2, 0.25) is 0 Å². The minimum absolute atomic E-state index is 0.383. The highest BCUT2D eigenvalue weighted by molar-refractivity contribution is 5.80. The van der Waals surface area contributed by atoms with E-state index in [-0.39, 0.29) is 0 Å². The molecule has 2 nitrogen and oxygen atoms in total. The first kappa shape index (κ1) is 15.8. The zero-order valence-corrected chi connectivity index (χ0v) is 13.2. The van der Waals surface area contributed by atoms with E-state index in [0.717, 1.165) is 6.08 Å². The molecule has 1 aliphatic carbocycles. The van der Waals surface area contributed by atoms with Crippen molar-refractivity contribution in [2.75, 3.05) is 0 Å². The van der Waals surface area contributed by atoms with Gasteiger partial charge in [-0.05, 0) is 27.8 Å². The quantitative estimate of drug-likeness (QED) is 0.522. The maximum Gasteiger partial charge on any atom is 0.327 e. The summed E-state index contributed by atoms with van der Waals surface area (Å²) in [4.78, 5) is 9.25. The number of hydrogen-bond donors (Lipinski definition) is 1. The van der Waals surface area contributed by atoms with Gasteiger partial charge in [-0.15, -0.1) is 0 Å². The molecule has 3 aromatic rings. The summed E-state index contributed by atoms with van der Waals surface area (Å²) in [5, 5.41) is 7.60. The maximum atomic E-state index is 9.25. The lowest BCUT2D eigenvalue weighted by Gasteiger charge is -2.13. The standard InChI is InChI=1S/C19H14.C3H4O2/c1-2-8-14(9-3-1)19-17-12-6-4-10-15(17)16-11-5-7-13-18(16)19;1-2-3(4)5/h1-13,19H;2H,1H2,(H,4,5). The van der Waals surface area contributed by atoms with E-state index < -0.39 is 5.97 Å². The van der Waals surface area contributed by atoms with Crippen molar-refractivity contribution in [2.45, 2.75) is 5.92 Å². The highest BCUT2D eigenvalue weighted by Gasteiger charge is 2.28. The number of fused-ring (bicyclic) bond motifs is 3. The van der Waals surface area contributed by atoms with E-state index >= 15 is 0 Å². The molecule has 118 valence electrons. The van der Waals surface area contributed by atoms with Gasteiger partial charge in [-0.1, -0.05) is 85.4 Å². The molecule has 24 heavy (non-hydrogen) atoms. The number of rotatable bonds is 2. The second-order valence-corrected chi connectivity index (χ2v) is 5.56. The van der Waals surface area contributed by atoms with Gasteiger partial charge < -0.3 is 5.11 Å². The maximum absolute atomic E-state index is 9.25. The Bertz CT molecular complexity index is 820. The van der Waals surface area contributed by atoms with Crippen molar-refractivity contribution in [3.05, 3.63) is 108 Å². The number of hydrogen-bond acceptors (Lipinski definition) is 1. The number of carboxylic acid groups (broad SMARTS) is 1. The Morgan fingerprint density at radius 2 is 1.21 bits per heavy atom. The first-order valence-electron chi connectivity index (χ1n) is 7.81. The van der Waals surface area contributed by atoms with Gasteiger partial charge in [0.25, 0.3) is 0 Å². The molecule has 0 radical (unpaired) electrons. The number of benzene rings is 3. The molecule has 0 bridgehead atoms. The van der Waals surface area contributed by atoms with E-state index in [1.54, 1.807) is 0 Å². The molecule has 0 atom stereocenters. The molecule has 0 saturated carbocycles. The lowest BCUT2D eigenvalue weighted by atomic mass is 9.89. The van der Waals surface area contributed by atoms with Crippen LogP contribution in [0.25, 0.3) is 11.1 Å². The van der Waals surface area contributed by atoms with Crippen molar-refractivity contribution in [3.63, 3.8) is 0 Å². The smallest absolute Gasteiger partial charge is 0.327 e. The van der Waals surface area contributed by atoms with Crippen LogP contribution in [0.5, 0.6) is 0 Å². The van der Waals surface area contributed by atoms with Crippen LogP contribution in [-0.2, 0) is 4.79 Å². The summed E-state index contributed by atoms with van der Waals surface area (Å²) in [6.45, 7) is 2.96. The van der Waals surface area contributed by atoms with Crippen molar-refractivity contribution < 1.29 is 9.90 Å². The van der Waals surface area contributed by atoms with E-state index in [1.807, 2.05) is 0 Å². The van der Waals surface area contributed by atoms with Crippen LogP contribution in [0.3, 0.4) is 0 Å². The van der Waals surface area contributed by atoms with Crippen LogP contribution in [-0.4, -0.2) is 11.1 Å². The normalized spacial score (nSPS) is 11.7. The van der Waals surface area contributed by atoms with Crippen LogP contribution in [0, 0.1) is 0 Å². The molecular formula is C22H18O2. The molecule has 1 aliphatic rings. The Morgan fingerprint density at radius 1 is 0.792 bits per heavy atom. The Kier molecular flexibility index (Phi) is 4.57. The van der Waals surface area contributed by atoms with Gasteiger partial charge in [-0.3, -0.25) is 0 Å². The second kappa shape index (κ2) is 6.97.